The number of rotatable bonds is 3. The molecule has 1 atom stereocenters. The lowest BCUT2D eigenvalue weighted by atomic mass is 9.98. The third kappa shape index (κ3) is 4.03. The molecule has 0 unspecified atom stereocenters. The van der Waals surface area contributed by atoms with Gasteiger partial charge in [-0.3, -0.25) is 4.79 Å². The SMILES string of the molecule is Cl.N[C@@H](Cc1ccccc1)C(=O)N1CCc2ccc(O)cc2C1. The molecule has 0 saturated carbocycles. The summed E-state index contributed by atoms with van der Waals surface area (Å²) >= 11 is 0. The Kier molecular flexibility index (Phi) is 5.64. The van der Waals surface area contributed by atoms with Gasteiger partial charge in [0, 0.05) is 13.1 Å². The number of amides is 1. The molecule has 2 aromatic carbocycles. The van der Waals surface area contributed by atoms with Crippen LogP contribution in [0.1, 0.15) is 16.7 Å². The number of fused-ring (bicyclic) bond motifs is 1. The monoisotopic (exact) mass is 332 g/mol. The molecule has 0 fully saturated rings. The summed E-state index contributed by atoms with van der Waals surface area (Å²) in [6, 6.07) is 14.6. The molecule has 0 aromatic heterocycles. The van der Waals surface area contributed by atoms with E-state index in [9.17, 15) is 9.90 Å². The van der Waals surface area contributed by atoms with Crippen molar-refractivity contribution in [3.63, 3.8) is 0 Å². The Morgan fingerprint density at radius 2 is 1.91 bits per heavy atom. The predicted molar refractivity (Wildman–Crippen MR) is 92.6 cm³/mol. The van der Waals surface area contributed by atoms with Crippen molar-refractivity contribution in [3.8, 4) is 5.75 Å². The van der Waals surface area contributed by atoms with Crippen LogP contribution in [0.25, 0.3) is 0 Å². The van der Waals surface area contributed by atoms with Gasteiger partial charge in [-0.05, 0) is 41.7 Å². The molecule has 1 aliphatic rings. The van der Waals surface area contributed by atoms with E-state index in [4.69, 9.17) is 5.73 Å². The summed E-state index contributed by atoms with van der Waals surface area (Å²) in [6.45, 7) is 1.20. The van der Waals surface area contributed by atoms with Gasteiger partial charge in [-0.1, -0.05) is 36.4 Å². The standard InChI is InChI=1S/C18H20N2O2.ClH/c19-17(10-13-4-2-1-3-5-13)18(22)20-9-8-14-6-7-16(21)11-15(14)12-20;/h1-7,11,17,21H,8-10,12,19H2;1H/t17-;/m0./s1. The van der Waals surface area contributed by atoms with Crippen molar-refractivity contribution < 1.29 is 9.90 Å². The minimum absolute atomic E-state index is 0. The highest BCUT2D eigenvalue weighted by Crippen LogP contribution is 2.23. The lowest BCUT2D eigenvalue weighted by Crippen LogP contribution is -2.46. The highest BCUT2D eigenvalue weighted by molar-refractivity contribution is 5.85. The van der Waals surface area contributed by atoms with E-state index in [0.29, 0.717) is 19.5 Å². The average molecular weight is 333 g/mol. The fourth-order valence-corrected chi connectivity index (χ4v) is 2.92. The number of aromatic hydroxyl groups is 1. The first-order valence-corrected chi connectivity index (χ1v) is 7.52. The van der Waals surface area contributed by atoms with Crippen molar-refractivity contribution in [1.29, 1.82) is 0 Å². The molecule has 0 radical (unpaired) electrons. The zero-order chi connectivity index (χ0) is 15.5. The highest BCUT2D eigenvalue weighted by atomic mass is 35.5. The molecular weight excluding hydrogens is 312 g/mol. The maximum absolute atomic E-state index is 12.5. The van der Waals surface area contributed by atoms with E-state index in [1.807, 2.05) is 36.4 Å². The summed E-state index contributed by atoms with van der Waals surface area (Å²) in [5.41, 5.74) is 9.36. The molecule has 1 aliphatic heterocycles. The molecule has 4 nitrogen and oxygen atoms in total. The van der Waals surface area contributed by atoms with Crippen LogP contribution in [0.2, 0.25) is 0 Å². The van der Waals surface area contributed by atoms with Crippen molar-refractivity contribution >= 4 is 18.3 Å². The normalized spacial score (nSPS) is 14.6. The smallest absolute Gasteiger partial charge is 0.240 e. The van der Waals surface area contributed by atoms with Crippen LogP contribution in [0.3, 0.4) is 0 Å². The van der Waals surface area contributed by atoms with Gasteiger partial charge < -0.3 is 15.7 Å². The number of phenols is 1. The molecule has 3 rings (SSSR count). The van der Waals surface area contributed by atoms with E-state index in [1.165, 1.54) is 5.56 Å². The first-order chi connectivity index (χ1) is 10.6. The van der Waals surface area contributed by atoms with Crippen LogP contribution in [0.4, 0.5) is 0 Å². The number of nitrogens with zero attached hydrogens (tertiary/aromatic N) is 1. The van der Waals surface area contributed by atoms with Gasteiger partial charge in [-0.25, -0.2) is 0 Å². The largest absolute Gasteiger partial charge is 0.508 e. The van der Waals surface area contributed by atoms with Crippen LogP contribution < -0.4 is 5.73 Å². The Labute approximate surface area is 142 Å². The molecule has 23 heavy (non-hydrogen) atoms. The Bertz CT molecular complexity index is 676. The molecule has 122 valence electrons. The molecule has 0 aliphatic carbocycles. The van der Waals surface area contributed by atoms with E-state index >= 15 is 0 Å². The van der Waals surface area contributed by atoms with Crippen LogP contribution in [-0.4, -0.2) is 28.5 Å². The zero-order valence-electron chi connectivity index (χ0n) is 12.8. The van der Waals surface area contributed by atoms with E-state index in [2.05, 4.69) is 0 Å². The molecule has 1 amide bonds. The van der Waals surface area contributed by atoms with Gasteiger partial charge in [0.05, 0.1) is 6.04 Å². The highest BCUT2D eigenvalue weighted by Gasteiger charge is 2.25. The van der Waals surface area contributed by atoms with E-state index in [0.717, 1.165) is 17.5 Å². The fraction of sp³-hybridized carbons (Fsp3) is 0.278. The van der Waals surface area contributed by atoms with Crippen LogP contribution >= 0.6 is 12.4 Å². The summed E-state index contributed by atoms with van der Waals surface area (Å²) in [5.74, 6) is 0.208. The van der Waals surface area contributed by atoms with Crippen molar-refractivity contribution in [2.24, 2.45) is 5.73 Å². The van der Waals surface area contributed by atoms with Crippen molar-refractivity contribution in [2.45, 2.75) is 25.4 Å². The molecule has 0 spiro atoms. The second-order valence-electron chi connectivity index (χ2n) is 5.76. The Morgan fingerprint density at radius 1 is 1.17 bits per heavy atom. The second kappa shape index (κ2) is 7.49. The second-order valence-corrected chi connectivity index (χ2v) is 5.76. The maximum atomic E-state index is 12.5. The van der Waals surface area contributed by atoms with E-state index in [-0.39, 0.29) is 24.1 Å². The summed E-state index contributed by atoms with van der Waals surface area (Å²) < 4.78 is 0. The minimum Gasteiger partial charge on any atom is -0.508 e. The van der Waals surface area contributed by atoms with Gasteiger partial charge in [0.1, 0.15) is 5.75 Å². The van der Waals surface area contributed by atoms with Gasteiger partial charge >= 0.3 is 0 Å². The van der Waals surface area contributed by atoms with Crippen LogP contribution in [0.15, 0.2) is 48.5 Å². The van der Waals surface area contributed by atoms with Crippen LogP contribution in [0, 0.1) is 0 Å². The van der Waals surface area contributed by atoms with E-state index in [1.54, 1.807) is 17.0 Å². The number of carbonyl (C=O) groups excluding carboxylic acids is 1. The van der Waals surface area contributed by atoms with Gasteiger partial charge in [0.2, 0.25) is 5.91 Å². The number of carbonyl (C=O) groups is 1. The van der Waals surface area contributed by atoms with Gasteiger partial charge in [-0.15, -0.1) is 12.4 Å². The number of phenolic OH excluding ortho intramolecular Hbond substituents is 1. The number of hydrogen-bond acceptors (Lipinski definition) is 3. The summed E-state index contributed by atoms with van der Waals surface area (Å²) in [4.78, 5) is 14.3. The number of benzene rings is 2. The topological polar surface area (TPSA) is 66.6 Å². The third-order valence-corrected chi connectivity index (χ3v) is 4.13. The average Bonchev–Trinajstić information content (AvgIpc) is 2.54. The zero-order valence-corrected chi connectivity index (χ0v) is 13.6. The summed E-state index contributed by atoms with van der Waals surface area (Å²) in [5, 5.41) is 9.59. The fourth-order valence-electron chi connectivity index (χ4n) is 2.92. The molecule has 0 saturated heterocycles. The first kappa shape index (κ1) is 17.3. The van der Waals surface area contributed by atoms with Crippen molar-refractivity contribution in [2.75, 3.05) is 6.54 Å². The quantitative estimate of drug-likeness (QED) is 0.906. The minimum atomic E-state index is -0.527. The lowest BCUT2D eigenvalue weighted by Gasteiger charge is -2.31. The molecule has 3 N–H and O–H groups in total. The number of hydrogen-bond donors (Lipinski definition) is 2. The summed E-state index contributed by atoms with van der Waals surface area (Å²) in [6.07, 6.45) is 1.35. The van der Waals surface area contributed by atoms with Crippen LogP contribution in [-0.2, 0) is 24.2 Å². The molecule has 1 heterocycles. The molecular formula is C18H21ClN2O2. The van der Waals surface area contributed by atoms with Crippen LogP contribution in [0.5, 0.6) is 5.75 Å². The molecule has 2 aromatic rings. The molecule has 5 heteroatoms. The number of halogens is 1. The van der Waals surface area contributed by atoms with E-state index < -0.39 is 6.04 Å². The first-order valence-electron chi connectivity index (χ1n) is 7.52. The van der Waals surface area contributed by atoms with Gasteiger partial charge in [0.15, 0.2) is 0 Å². The maximum Gasteiger partial charge on any atom is 0.240 e. The number of nitrogens with two attached hydrogens (primary N) is 1. The Hall–Kier alpha value is -2.04. The molecule has 0 bridgehead atoms. The van der Waals surface area contributed by atoms with Gasteiger partial charge in [-0.2, -0.15) is 0 Å². The Balaban J connectivity index is 0.00000192. The Morgan fingerprint density at radius 3 is 2.65 bits per heavy atom. The third-order valence-electron chi connectivity index (χ3n) is 4.13. The van der Waals surface area contributed by atoms with Crippen molar-refractivity contribution in [1.82, 2.24) is 4.90 Å². The van der Waals surface area contributed by atoms with Crippen molar-refractivity contribution in [3.05, 3.63) is 65.2 Å². The predicted octanol–water partition coefficient (Wildman–Crippen LogP) is 2.27. The van der Waals surface area contributed by atoms with Gasteiger partial charge in [0.25, 0.3) is 0 Å². The summed E-state index contributed by atoms with van der Waals surface area (Å²) in [7, 11) is 0. The lowest BCUT2D eigenvalue weighted by molar-refractivity contribution is -0.133.